The first-order valence-corrected chi connectivity index (χ1v) is 7.20. The fourth-order valence-electron chi connectivity index (χ4n) is 1.69. The predicted molar refractivity (Wildman–Crippen MR) is 87.0 cm³/mol. The van der Waals surface area contributed by atoms with E-state index in [1.165, 1.54) is 10.7 Å². The third-order valence-electron chi connectivity index (χ3n) is 2.92. The minimum Gasteiger partial charge on any atom is -0.267 e. The number of benzene rings is 1. The highest BCUT2D eigenvalue weighted by atomic mass is 35.5. The lowest BCUT2D eigenvalue weighted by Crippen LogP contribution is -2.27. The first-order valence-electron chi connectivity index (χ1n) is 6.03. The van der Waals surface area contributed by atoms with E-state index in [4.69, 9.17) is 35.4 Å². The summed E-state index contributed by atoms with van der Waals surface area (Å²) < 4.78 is 1.23. The first kappa shape index (κ1) is 15.2. The van der Waals surface area contributed by atoms with Crippen molar-refractivity contribution in [2.45, 2.75) is 20.3 Å². The summed E-state index contributed by atoms with van der Waals surface area (Å²) in [5, 5.41) is 5.39. The Morgan fingerprint density at radius 1 is 1.30 bits per heavy atom. The third kappa shape index (κ3) is 2.92. The van der Waals surface area contributed by atoms with Gasteiger partial charge >= 0.3 is 0 Å². The monoisotopic (exact) mass is 326 g/mol. The number of halogens is 2. The Morgan fingerprint density at radius 2 is 1.90 bits per heavy atom. The third-order valence-corrected chi connectivity index (χ3v) is 4.16. The Hall–Kier alpha value is -1.23. The zero-order chi connectivity index (χ0) is 14.9. The molecule has 0 saturated carbocycles. The molecular weight excluding hydrogens is 315 g/mol. The largest absolute Gasteiger partial charge is 0.271 e. The standard InChI is InChI=1S/C14H12Cl2N2OS/c1-3-14(20)18-13(19)5-4-12(17-18)9-6-10(15)8(2)11(16)7-9/h4-7H,3H2,1-2H3. The van der Waals surface area contributed by atoms with Crippen molar-refractivity contribution in [2.24, 2.45) is 0 Å². The van der Waals surface area contributed by atoms with Gasteiger partial charge in [0.25, 0.3) is 5.56 Å². The lowest BCUT2D eigenvalue weighted by molar-refractivity contribution is 0.853. The Balaban J connectivity index is 2.59. The van der Waals surface area contributed by atoms with Crippen molar-refractivity contribution < 1.29 is 0 Å². The average Bonchev–Trinajstić information content (AvgIpc) is 2.44. The minimum absolute atomic E-state index is 0.245. The second-order valence-corrected chi connectivity index (χ2v) is 5.57. The number of nitrogens with zero attached hydrogens (tertiary/aromatic N) is 2. The zero-order valence-corrected chi connectivity index (χ0v) is 13.3. The quantitative estimate of drug-likeness (QED) is 0.779. The van der Waals surface area contributed by atoms with Crippen molar-refractivity contribution in [3.05, 3.63) is 50.2 Å². The van der Waals surface area contributed by atoms with Gasteiger partial charge in [0.2, 0.25) is 0 Å². The molecule has 0 aliphatic heterocycles. The molecule has 3 nitrogen and oxygen atoms in total. The molecule has 0 fully saturated rings. The topological polar surface area (TPSA) is 34.9 Å². The molecule has 1 aromatic heterocycles. The van der Waals surface area contributed by atoms with Crippen LogP contribution in [0.25, 0.3) is 11.3 Å². The van der Waals surface area contributed by atoms with Gasteiger partial charge in [-0.15, -0.1) is 0 Å². The molecule has 1 aromatic carbocycles. The Labute approximate surface area is 132 Å². The van der Waals surface area contributed by atoms with Gasteiger partial charge in [-0.25, -0.2) is 0 Å². The van der Waals surface area contributed by atoms with E-state index in [1.807, 2.05) is 13.8 Å². The lowest BCUT2D eigenvalue weighted by Gasteiger charge is -2.09. The minimum atomic E-state index is -0.245. The molecule has 0 aliphatic carbocycles. The maximum absolute atomic E-state index is 11.8. The number of rotatable bonds is 2. The fraction of sp³-hybridized carbons (Fsp3) is 0.214. The van der Waals surface area contributed by atoms with Crippen LogP contribution in [-0.2, 0) is 0 Å². The second-order valence-electron chi connectivity index (χ2n) is 4.28. The van der Waals surface area contributed by atoms with Crippen molar-refractivity contribution in [1.82, 2.24) is 9.78 Å². The van der Waals surface area contributed by atoms with E-state index < -0.39 is 0 Å². The highest BCUT2D eigenvalue weighted by molar-refractivity contribution is 7.80. The van der Waals surface area contributed by atoms with Gasteiger partial charge in [-0.3, -0.25) is 4.79 Å². The summed E-state index contributed by atoms with van der Waals surface area (Å²) in [6, 6.07) is 6.62. The van der Waals surface area contributed by atoms with Crippen molar-refractivity contribution in [3.63, 3.8) is 0 Å². The van der Waals surface area contributed by atoms with E-state index in [-0.39, 0.29) is 5.56 Å². The molecule has 0 saturated heterocycles. The molecule has 0 unspecified atom stereocenters. The molecule has 104 valence electrons. The summed E-state index contributed by atoms with van der Waals surface area (Å²) in [7, 11) is 0. The Kier molecular flexibility index (Phi) is 4.58. The van der Waals surface area contributed by atoms with Gasteiger partial charge in [0.1, 0.15) is 4.99 Å². The van der Waals surface area contributed by atoms with Crippen molar-refractivity contribution >= 4 is 40.4 Å². The van der Waals surface area contributed by atoms with E-state index in [2.05, 4.69) is 5.10 Å². The van der Waals surface area contributed by atoms with Crippen LogP contribution in [0.2, 0.25) is 10.0 Å². The van der Waals surface area contributed by atoms with Crippen LogP contribution in [0.5, 0.6) is 0 Å². The molecule has 0 radical (unpaired) electrons. The van der Waals surface area contributed by atoms with Crippen LogP contribution in [0.15, 0.2) is 29.1 Å². The van der Waals surface area contributed by atoms with E-state index in [0.717, 1.165) is 11.1 Å². The van der Waals surface area contributed by atoms with Crippen LogP contribution in [0.3, 0.4) is 0 Å². The lowest BCUT2D eigenvalue weighted by atomic mass is 10.1. The fourth-order valence-corrected chi connectivity index (χ4v) is 2.30. The normalized spacial score (nSPS) is 10.6. The summed E-state index contributed by atoms with van der Waals surface area (Å²) in [6.07, 6.45) is 0.571. The molecule has 0 spiro atoms. The first-order chi connectivity index (χ1) is 9.43. The average molecular weight is 327 g/mol. The maximum Gasteiger partial charge on any atom is 0.271 e. The highest BCUT2D eigenvalue weighted by Gasteiger charge is 2.09. The molecule has 2 aromatic rings. The molecule has 6 heteroatoms. The van der Waals surface area contributed by atoms with Crippen LogP contribution >= 0.6 is 35.4 Å². The van der Waals surface area contributed by atoms with Crippen LogP contribution in [0, 0.1) is 6.92 Å². The molecule has 0 atom stereocenters. The molecule has 1 heterocycles. The van der Waals surface area contributed by atoms with Gasteiger partial charge in [0.05, 0.1) is 5.69 Å². The molecule has 0 N–H and O–H groups in total. The van der Waals surface area contributed by atoms with Gasteiger partial charge in [-0.1, -0.05) is 42.3 Å². The van der Waals surface area contributed by atoms with Gasteiger partial charge in [-0.2, -0.15) is 9.78 Å². The summed E-state index contributed by atoms with van der Waals surface area (Å²) in [5.41, 5.74) is 1.92. The maximum atomic E-state index is 11.8. The molecule has 0 aliphatic rings. The van der Waals surface area contributed by atoms with E-state index in [0.29, 0.717) is 27.1 Å². The van der Waals surface area contributed by atoms with E-state index in [9.17, 15) is 4.79 Å². The summed E-state index contributed by atoms with van der Waals surface area (Å²) in [6.45, 7) is 3.72. The van der Waals surface area contributed by atoms with Gasteiger partial charge < -0.3 is 0 Å². The molecule has 20 heavy (non-hydrogen) atoms. The summed E-state index contributed by atoms with van der Waals surface area (Å²) >= 11 is 17.4. The van der Waals surface area contributed by atoms with Crippen LogP contribution in [-0.4, -0.2) is 14.8 Å². The Bertz CT molecular complexity index is 717. The van der Waals surface area contributed by atoms with Crippen LogP contribution < -0.4 is 5.56 Å². The molecule has 0 bridgehead atoms. The predicted octanol–water partition coefficient (Wildman–Crippen LogP) is 4.11. The smallest absolute Gasteiger partial charge is 0.267 e. The molecular formula is C14H12Cl2N2OS. The summed E-state index contributed by atoms with van der Waals surface area (Å²) in [5.74, 6) is 0. The molecule has 2 rings (SSSR count). The summed E-state index contributed by atoms with van der Waals surface area (Å²) in [4.78, 5) is 12.2. The van der Waals surface area contributed by atoms with Crippen molar-refractivity contribution in [1.29, 1.82) is 0 Å². The highest BCUT2D eigenvalue weighted by Crippen LogP contribution is 2.29. The SMILES string of the molecule is CCC(=S)n1nc(-c2cc(Cl)c(C)c(Cl)c2)ccc1=O. The van der Waals surface area contributed by atoms with E-state index >= 15 is 0 Å². The van der Waals surface area contributed by atoms with Crippen molar-refractivity contribution in [3.8, 4) is 11.3 Å². The van der Waals surface area contributed by atoms with Gasteiger partial charge in [-0.05, 0) is 37.1 Å². The number of thiocarbonyl (C=S) groups is 1. The van der Waals surface area contributed by atoms with E-state index in [1.54, 1.807) is 18.2 Å². The number of hydrogen-bond donors (Lipinski definition) is 0. The van der Waals surface area contributed by atoms with Crippen molar-refractivity contribution in [2.75, 3.05) is 0 Å². The molecule has 0 amide bonds. The van der Waals surface area contributed by atoms with Gasteiger partial charge in [0.15, 0.2) is 0 Å². The number of hydrogen-bond acceptors (Lipinski definition) is 3. The van der Waals surface area contributed by atoms with Crippen LogP contribution in [0.4, 0.5) is 0 Å². The number of aromatic nitrogens is 2. The Morgan fingerprint density at radius 3 is 2.45 bits per heavy atom. The van der Waals surface area contributed by atoms with Crippen LogP contribution in [0.1, 0.15) is 18.9 Å². The van der Waals surface area contributed by atoms with Gasteiger partial charge in [0, 0.05) is 21.7 Å². The second kappa shape index (κ2) is 6.04. The zero-order valence-electron chi connectivity index (χ0n) is 11.0.